The van der Waals surface area contributed by atoms with Crippen LogP contribution in [0.15, 0.2) is 21.9 Å². The molecule has 2 rings (SSSR count). The van der Waals surface area contributed by atoms with Crippen LogP contribution < -0.4 is 11.2 Å². The molecule has 2 unspecified atom stereocenters. The van der Waals surface area contributed by atoms with Crippen LogP contribution in [-0.2, 0) is 31.6 Å². The van der Waals surface area contributed by atoms with E-state index in [4.69, 9.17) is 19.4 Å². The second kappa shape index (κ2) is 8.92. The van der Waals surface area contributed by atoms with Gasteiger partial charge in [0.15, 0.2) is 6.23 Å². The van der Waals surface area contributed by atoms with E-state index in [2.05, 4.69) is 13.1 Å². The van der Waals surface area contributed by atoms with E-state index in [9.17, 15) is 38.4 Å². The summed E-state index contributed by atoms with van der Waals surface area (Å²) < 4.78 is 65.3. The van der Waals surface area contributed by atoms with Gasteiger partial charge in [-0.25, -0.2) is 22.9 Å². The minimum Gasteiger partial charge on any atom is -0.384 e. The molecule has 184 valence electrons. The molecule has 1 aromatic rings. The smallest absolute Gasteiger partial charge is 0.384 e. The number of alkyl halides is 1. The predicted octanol–water partition coefficient (Wildman–Crippen LogP) is -1.42. The van der Waals surface area contributed by atoms with Crippen molar-refractivity contribution < 1.29 is 65.8 Å². The SMILES string of the molecule is CC[C@]1(O)[C@H](n2ccc(=O)[nH]c2=O)O[C@](F)(COP(=O)(O)OP(=O)(O)OP(=O)(O)O)[C@H]1O. The lowest BCUT2D eigenvalue weighted by Crippen LogP contribution is -2.51. The summed E-state index contributed by atoms with van der Waals surface area (Å²) in [4.78, 5) is 60.4. The Labute approximate surface area is 176 Å². The Morgan fingerprint density at radius 2 is 1.78 bits per heavy atom. The molecule has 1 aliphatic rings. The fourth-order valence-corrected chi connectivity index (χ4v) is 5.76. The maximum Gasteiger partial charge on any atom is 0.490 e. The normalized spacial score (nSPS) is 32.4. The molecule has 0 saturated carbocycles. The quantitative estimate of drug-likeness (QED) is 0.181. The van der Waals surface area contributed by atoms with Gasteiger partial charge < -0.3 is 34.5 Å². The summed E-state index contributed by atoms with van der Waals surface area (Å²) in [7, 11) is -17.3. The number of aliphatic hydroxyl groups excluding tert-OH is 1. The summed E-state index contributed by atoms with van der Waals surface area (Å²) in [5.41, 5.74) is -4.56. The van der Waals surface area contributed by atoms with E-state index in [0.717, 1.165) is 12.3 Å². The van der Waals surface area contributed by atoms with Crippen LogP contribution in [0.4, 0.5) is 4.39 Å². The first kappa shape index (κ1) is 27.1. The first-order valence-corrected chi connectivity index (χ1v) is 12.7. The Kier molecular flexibility index (Phi) is 7.57. The van der Waals surface area contributed by atoms with Gasteiger partial charge in [0.05, 0.1) is 0 Å². The summed E-state index contributed by atoms with van der Waals surface area (Å²) in [6, 6.07) is 0.817. The molecule has 7 N–H and O–H groups in total. The van der Waals surface area contributed by atoms with Crippen LogP contribution in [0, 0.1) is 0 Å². The zero-order chi connectivity index (χ0) is 24.8. The van der Waals surface area contributed by atoms with Crippen molar-refractivity contribution in [1.29, 1.82) is 0 Å². The first-order valence-electron chi connectivity index (χ1n) is 8.21. The van der Waals surface area contributed by atoms with Gasteiger partial charge in [-0.3, -0.25) is 18.9 Å². The zero-order valence-electron chi connectivity index (χ0n) is 15.7. The lowest BCUT2D eigenvalue weighted by atomic mass is 9.90. The van der Waals surface area contributed by atoms with Crippen molar-refractivity contribution in [2.45, 2.75) is 37.1 Å². The van der Waals surface area contributed by atoms with Crippen molar-refractivity contribution in [3.8, 4) is 0 Å². The zero-order valence-corrected chi connectivity index (χ0v) is 18.4. The van der Waals surface area contributed by atoms with Crippen LogP contribution in [0.1, 0.15) is 19.6 Å². The highest BCUT2D eigenvalue weighted by atomic mass is 31.3. The van der Waals surface area contributed by atoms with Gasteiger partial charge in [-0.05, 0) is 6.42 Å². The molecule has 0 bridgehead atoms. The molecule has 17 nitrogen and oxygen atoms in total. The van der Waals surface area contributed by atoms with E-state index in [1.807, 2.05) is 0 Å². The summed E-state index contributed by atoms with van der Waals surface area (Å²) in [6.07, 6.45) is -4.17. The van der Waals surface area contributed by atoms with E-state index in [1.54, 1.807) is 4.98 Å². The molecule has 0 aromatic carbocycles. The number of phosphoric acid groups is 3. The summed E-state index contributed by atoms with van der Waals surface area (Å²) in [6.45, 7) is -0.501. The van der Waals surface area contributed by atoms with Gasteiger partial charge >= 0.3 is 29.2 Å². The minimum absolute atomic E-state index is 0.453. The first-order chi connectivity index (χ1) is 14.3. The Bertz CT molecular complexity index is 1120. The van der Waals surface area contributed by atoms with E-state index >= 15 is 4.39 Å². The highest BCUT2D eigenvalue weighted by Crippen LogP contribution is 2.66. The third kappa shape index (κ3) is 6.07. The molecule has 1 saturated heterocycles. The predicted molar refractivity (Wildman–Crippen MR) is 96.3 cm³/mol. The average molecular weight is 530 g/mol. The Balaban J connectivity index is 2.27. The molecule has 0 amide bonds. The van der Waals surface area contributed by atoms with Crippen LogP contribution in [0.25, 0.3) is 0 Å². The number of nitrogens with zero attached hydrogens (tertiary/aromatic N) is 1. The van der Waals surface area contributed by atoms with Gasteiger partial charge in [0.25, 0.3) is 11.4 Å². The fourth-order valence-electron chi connectivity index (χ4n) is 2.72. The highest BCUT2D eigenvalue weighted by molar-refractivity contribution is 7.66. The molecule has 1 aliphatic heterocycles. The van der Waals surface area contributed by atoms with Crippen molar-refractivity contribution in [3.63, 3.8) is 0 Å². The number of hydrogen-bond donors (Lipinski definition) is 7. The fraction of sp³-hybridized carbons (Fsp3) is 0.636. The van der Waals surface area contributed by atoms with E-state index in [-0.39, 0.29) is 0 Å². The standard InChI is InChI=1S/C11H18FN2O15P3/c1-2-10(18)7(16)11(12,27-8(10)14-4-3-6(15)13-9(14)17)5-26-31(22,23)29-32(24,25)28-30(19,20)21/h3-4,7-8,16,18H,2,5H2,1H3,(H,22,23)(H,24,25)(H,13,15,17)(H2,19,20,21)/t7-,8+,10+,11+/m0/s1. The average Bonchev–Trinajstić information content (AvgIpc) is 2.80. The minimum atomic E-state index is -5.89. The Morgan fingerprint density at radius 1 is 1.19 bits per heavy atom. The molecule has 0 aliphatic carbocycles. The number of aromatic nitrogens is 2. The van der Waals surface area contributed by atoms with Crippen molar-refractivity contribution in [1.82, 2.24) is 9.55 Å². The monoisotopic (exact) mass is 530 g/mol. The molecule has 32 heavy (non-hydrogen) atoms. The number of H-pyrrole nitrogens is 1. The Hall–Kier alpha value is -1.10. The van der Waals surface area contributed by atoms with Crippen molar-refractivity contribution in [2.75, 3.05) is 6.61 Å². The van der Waals surface area contributed by atoms with Gasteiger partial charge in [-0.2, -0.15) is 8.62 Å². The molecule has 1 aromatic heterocycles. The van der Waals surface area contributed by atoms with Crippen LogP contribution in [0.2, 0.25) is 0 Å². The van der Waals surface area contributed by atoms with Gasteiger partial charge in [0.2, 0.25) is 0 Å². The van der Waals surface area contributed by atoms with Gasteiger partial charge in [-0.15, -0.1) is 0 Å². The second-order valence-electron chi connectivity index (χ2n) is 6.39. The Morgan fingerprint density at radius 3 is 2.28 bits per heavy atom. The second-order valence-corrected chi connectivity index (χ2v) is 10.8. The van der Waals surface area contributed by atoms with Gasteiger partial charge in [0, 0.05) is 12.3 Å². The van der Waals surface area contributed by atoms with Gasteiger partial charge in [-0.1, -0.05) is 6.92 Å². The molecule has 1 fully saturated rings. The molecular formula is C11H18FN2O15P3. The summed E-state index contributed by atoms with van der Waals surface area (Å²) in [5, 5.41) is 20.9. The third-order valence-corrected chi connectivity index (χ3v) is 7.91. The number of aliphatic hydroxyl groups is 2. The lowest BCUT2D eigenvalue weighted by molar-refractivity contribution is -0.205. The van der Waals surface area contributed by atoms with E-state index in [1.165, 1.54) is 6.92 Å². The molecule has 0 radical (unpaired) electrons. The number of phosphoric ester groups is 1. The largest absolute Gasteiger partial charge is 0.490 e. The van der Waals surface area contributed by atoms with Crippen molar-refractivity contribution >= 4 is 23.5 Å². The number of nitrogens with one attached hydrogen (secondary N) is 1. The maximum absolute atomic E-state index is 15.2. The van der Waals surface area contributed by atoms with Crippen molar-refractivity contribution in [2.24, 2.45) is 0 Å². The molecule has 2 heterocycles. The van der Waals surface area contributed by atoms with E-state index in [0.29, 0.717) is 4.57 Å². The molecular weight excluding hydrogens is 512 g/mol. The number of hydrogen-bond acceptors (Lipinski definition) is 11. The molecule has 6 atom stereocenters. The molecule has 21 heteroatoms. The molecule has 0 spiro atoms. The van der Waals surface area contributed by atoms with Crippen LogP contribution in [-0.4, -0.2) is 63.5 Å². The number of halogens is 1. The summed E-state index contributed by atoms with van der Waals surface area (Å²) >= 11 is 0. The van der Waals surface area contributed by atoms with Crippen LogP contribution in [0.5, 0.6) is 0 Å². The third-order valence-electron chi connectivity index (χ3n) is 4.13. The van der Waals surface area contributed by atoms with Crippen molar-refractivity contribution in [3.05, 3.63) is 33.1 Å². The maximum atomic E-state index is 15.2. The number of ether oxygens (including phenoxy) is 1. The van der Waals surface area contributed by atoms with Crippen LogP contribution in [0.3, 0.4) is 0 Å². The number of rotatable bonds is 9. The van der Waals surface area contributed by atoms with Crippen LogP contribution >= 0.6 is 23.5 Å². The topological polar surface area (TPSA) is 264 Å². The summed E-state index contributed by atoms with van der Waals surface area (Å²) in [5.74, 6) is -3.53. The van der Waals surface area contributed by atoms with Gasteiger partial charge in [0.1, 0.15) is 18.3 Å². The van der Waals surface area contributed by atoms with E-state index < -0.39 is 71.5 Å². The lowest BCUT2D eigenvalue weighted by Gasteiger charge is -2.30. The highest BCUT2D eigenvalue weighted by Gasteiger charge is 2.65. The number of aromatic amines is 1.